The summed E-state index contributed by atoms with van der Waals surface area (Å²) >= 11 is 0. The minimum Gasteiger partial charge on any atom is -0.497 e. The first-order valence-corrected chi connectivity index (χ1v) is 12.9. The van der Waals surface area contributed by atoms with Crippen LogP contribution in [0.5, 0.6) is 11.5 Å². The predicted octanol–water partition coefficient (Wildman–Crippen LogP) is 3.98. The quantitative estimate of drug-likeness (QED) is 0.248. The molecule has 0 radical (unpaired) electrons. The van der Waals surface area contributed by atoms with Crippen LogP contribution in [0.2, 0.25) is 0 Å². The molecular formula is C31H41N2O5+. The molecule has 1 unspecified atom stereocenters. The van der Waals surface area contributed by atoms with E-state index in [1.807, 2.05) is 78.9 Å². The number of methoxy groups -OCH3 is 2. The summed E-state index contributed by atoms with van der Waals surface area (Å²) in [6.45, 7) is 0.820. The Morgan fingerprint density at radius 2 is 1.34 bits per heavy atom. The summed E-state index contributed by atoms with van der Waals surface area (Å²) in [6.07, 6.45) is 0.543. The second kappa shape index (κ2) is 13.4. The molecule has 1 amide bonds. The summed E-state index contributed by atoms with van der Waals surface area (Å²) in [5, 5.41) is 13.3. The van der Waals surface area contributed by atoms with Crippen LogP contribution in [0.3, 0.4) is 0 Å². The average Bonchev–Trinajstić information content (AvgIpc) is 2.93. The monoisotopic (exact) mass is 521 g/mol. The van der Waals surface area contributed by atoms with Gasteiger partial charge in [0.15, 0.2) is 0 Å². The maximum Gasteiger partial charge on any atom is 0.220 e. The van der Waals surface area contributed by atoms with Crippen LogP contribution in [-0.4, -0.2) is 76.7 Å². The lowest BCUT2D eigenvalue weighted by atomic mass is 9.79. The van der Waals surface area contributed by atoms with E-state index in [9.17, 15) is 9.90 Å². The number of nitrogens with one attached hydrogen (secondary N) is 1. The minimum atomic E-state index is -1.07. The number of amides is 1. The van der Waals surface area contributed by atoms with Crippen LogP contribution in [0.4, 0.5) is 0 Å². The third-order valence-electron chi connectivity index (χ3n) is 6.48. The lowest BCUT2D eigenvalue weighted by Gasteiger charge is -2.39. The molecular weight excluding hydrogens is 480 g/mol. The molecule has 0 saturated carbocycles. The van der Waals surface area contributed by atoms with Crippen molar-refractivity contribution < 1.29 is 28.6 Å². The zero-order valence-electron chi connectivity index (χ0n) is 23.1. The molecule has 204 valence electrons. The number of carbonyl (C=O) groups is 1. The number of quaternary nitrogens is 1. The molecule has 0 saturated heterocycles. The number of benzene rings is 3. The van der Waals surface area contributed by atoms with E-state index in [4.69, 9.17) is 14.2 Å². The lowest BCUT2D eigenvalue weighted by Crippen LogP contribution is -2.43. The van der Waals surface area contributed by atoms with Crippen LogP contribution < -0.4 is 14.8 Å². The molecule has 0 aliphatic rings. The third kappa shape index (κ3) is 7.57. The van der Waals surface area contributed by atoms with Crippen molar-refractivity contribution in [2.24, 2.45) is 0 Å². The lowest BCUT2D eigenvalue weighted by molar-refractivity contribution is -0.870. The van der Waals surface area contributed by atoms with Crippen molar-refractivity contribution in [2.45, 2.75) is 24.5 Å². The normalized spacial score (nSPS) is 12.6. The number of rotatable bonds is 14. The van der Waals surface area contributed by atoms with Gasteiger partial charge in [-0.2, -0.15) is 0 Å². The van der Waals surface area contributed by atoms with Gasteiger partial charge in [0.2, 0.25) is 5.91 Å². The Hall–Kier alpha value is -3.39. The van der Waals surface area contributed by atoms with Gasteiger partial charge in [0.25, 0.3) is 0 Å². The van der Waals surface area contributed by atoms with Gasteiger partial charge in [-0.3, -0.25) is 4.79 Å². The highest BCUT2D eigenvalue weighted by Gasteiger charge is 2.40. The van der Waals surface area contributed by atoms with E-state index < -0.39 is 11.7 Å². The first-order valence-electron chi connectivity index (χ1n) is 12.9. The van der Waals surface area contributed by atoms with Crippen LogP contribution in [0.15, 0.2) is 78.9 Å². The van der Waals surface area contributed by atoms with Crippen LogP contribution in [0.1, 0.15) is 29.5 Å². The van der Waals surface area contributed by atoms with Gasteiger partial charge in [-0.05, 0) is 41.0 Å². The number of aliphatic hydroxyl groups is 1. The maximum atomic E-state index is 12.6. The van der Waals surface area contributed by atoms with Crippen molar-refractivity contribution >= 4 is 5.91 Å². The molecule has 3 rings (SSSR count). The Morgan fingerprint density at radius 1 is 0.842 bits per heavy atom. The highest BCUT2D eigenvalue weighted by Crippen LogP contribution is 2.42. The van der Waals surface area contributed by atoms with Crippen molar-refractivity contribution in [3.8, 4) is 11.5 Å². The molecule has 0 aromatic heterocycles. The van der Waals surface area contributed by atoms with Crippen LogP contribution in [0.25, 0.3) is 0 Å². The van der Waals surface area contributed by atoms with Crippen molar-refractivity contribution in [1.29, 1.82) is 0 Å². The smallest absolute Gasteiger partial charge is 0.220 e. The fourth-order valence-corrected chi connectivity index (χ4v) is 4.45. The number of hydrogen-bond acceptors (Lipinski definition) is 5. The van der Waals surface area contributed by atoms with E-state index in [2.05, 4.69) is 26.5 Å². The Balaban J connectivity index is 1.98. The zero-order valence-corrected chi connectivity index (χ0v) is 23.1. The van der Waals surface area contributed by atoms with Crippen molar-refractivity contribution in [3.05, 3.63) is 95.6 Å². The van der Waals surface area contributed by atoms with E-state index in [1.165, 1.54) is 0 Å². The van der Waals surface area contributed by atoms with Gasteiger partial charge in [-0.1, -0.05) is 54.6 Å². The number of hydrogen-bond donors (Lipinski definition) is 2. The Labute approximate surface area is 226 Å². The van der Waals surface area contributed by atoms with Crippen LogP contribution in [-0.2, 0) is 15.1 Å². The van der Waals surface area contributed by atoms with Gasteiger partial charge < -0.3 is 29.1 Å². The Kier molecular flexibility index (Phi) is 10.3. The van der Waals surface area contributed by atoms with Crippen molar-refractivity contribution in [3.63, 3.8) is 0 Å². The first kappa shape index (κ1) is 29.2. The number of ether oxygens (including phenoxy) is 3. The van der Waals surface area contributed by atoms with E-state index in [0.29, 0.717) is 6.42 Å². The summed E-state index contributed by atoms with van der Waals surface area (Å²) < 4.78 is 18.5. The summed E-state index contributed by atoms with van der Waals surface area (Å²) in [5.74, 6) is 1.40. The molecule has 3 aromatic carbocycles. The van der Waals surface area contributed by atoms with Gasteiger partial charge in [-0.25, -0.2) is 0 Å². The summed E-state index contributed by atoms with van der Waals surface area (Å²) in [5.41, 5.74) is 1.55. The molecule has 0 heterocycles. The standard InChI is InChI=1S/C31H40N2O5/c1-33(2,3)21-9-12-30(35)32-22-29(23-34)38-31(24-10-7-6-8-11-24,25-13-17-27(36-4)18-14-25)26-15-19-28(37-5)20-16-26/h6-8,10-11,13-20,29,34H,9,12,21-23H2,1-5H3/p+1. The average molecular weight is 522 g/mol. The molecule has 7 heteroatoms. The van der Waals surface area contributed by atoms with Gasteiger partial charge in [0, 0.05) is 19.4 Å². The maximum absolute atomic E-state index is 12.6. The first-order chi connectivity index (χ1) is 18.2. The van der Waals surface area contributed by atoms with E-state index in [-0.39, 0.29) is 19.1 Å². The van der Waals surface area contributed by atoms with Crippen molar-refractivity contribution in [1.82, 2.24) is 5.32 Å². The zero-order chi connectivity index (χ0) is 27.6. The van der Waals surface area contributed by atoms with E-state index >= 15 is 0 Å². The van der Waals surface area contributed by atoms with Gasteiger partial charge >= 0.3 is 0 Å². The van der Waals surface area contributed by atoms with Gasteiger partial charge in [-0.15, -0.1) is 0 Å². The van der Waals surface area contributed by atoms with E-state index in [0.717, 1.165) is 45.6 Å². The van der Waals surface area contributed by atoms with Crippen LogP contribution >= 0.6 is 0 Å². The summed E-state index contributed by atoms with van der Waals surface area (Å²) in [6, 6.07) is 25.3. The van der Waals surface area contributed by atoms with Gasteiger partial charge in [0.1, 0.15) is 17.1 Å². The number of aliphatic hydroxyl groups excluding tert-OH is 1. The molecule has 2 N–H and O–H groups in total. The molecule has 0 fully saturated rings. The fourth-order valence-electron chi connectivity index (χ4n) is 4.45. The highest BCUT2D eigenvalue weighted by molar-refractivity contribution is 5.75. The molecule has 0 spiro atoms. The number of carbonyl (C=O) groups excluding carboxylic acids is 1. The minimum absolute atomic E-state index is 0.0558. The molecule has 0 aliphatic carbocycles. The summed E-state index contributed by atoms with van der Waals surface area (Å²) in [4.78, 5) is 12.6. The molecule has 0 aliphatic heterocycles. The summed E-state index contributed by atoms with van der Waals surface area (Å²) in [7, 11) is 9.58. The molecule has 7 nitrogen and oxygen atoms in total. The molecule has 1 atom stereocenters. The fraction of sp³-hybridized carbons (Fsp3) is 0.387. The molecule has 3 aromatic rings. The highest BCUT2D eigenvalue weighted by atomic mass is 16.5. The second-order valence-corrected chi connectivity index (χ2v) is 10.3. The van der Waals surface area contributed by atoms with Crippen molar-refractivity contribution in [2.75, 3.05) is 55.1 Å². The Morgan fingerprint density at radius 3 is 1.79 bits per heavy atom. The van der Waals surface area contributed by atoms with Crippen LogP contribution in [0, 0.1) is 0 Å². The topological polar surface area (TPSA) is 77.0 Å². The second-order valence-electron chi connectivity index (χ2n) is 10.3. The molecule has 38 heavy (non-hydrogen) atoms. The number of nitrogens with zero attached hydrogens (tertiary/aromatic N) is 1. The largest absolute Gasteiger partial charge is 0.497 e. The SMILES string of the molecule is COc1ccc(C(OC(CO)CNC(=O)CCC[N+](C)(C)C)(c2ccccc2)c2ccc(OC)cc2)cc1. The Bertz CT molecular complexity index is 1080. The molecule has 0 bridgehead atoms. The predicted molar refractivity (Wildman–Crippen MR) is 149 cm³/mol. The third-order valence-corrected chi connectivity index (χ3v) is 6.48. The van der Waals surface area contributed by atoms with E-state index in [1.54, 1.807) is 14.2 Å². The van der Waals surface area contributed by atoms with Gasteiger partial charge in [0.05, 0.1) is 54.6 Å².